The van der Waals surface area contributed by atoms with Crippen molar-refractivity contribution in [1.29, 1.82) is 0 Å². The number of fused-ring (bicyclic) bond motifs is 1. The normalized spacial score (nSPS) is 15.7. The van der Waals surface area contributed by atoms with E-state index >= 15 is 0 Å². The lowest BCUT2D eigenvalue weighted by Gasteiger charge is -2.12. The van der Waals surface area contributed by atoms with Crippen LogP contribution in [0.3, 0.4) is 0 Å². The summed E-state index contributed by atoms with van der Waals surface area (Å²) in [7, 11) is 1.59. The number of carbonyl (C=O) groups excluding carboxylic acids is 1. The van der Waals surface area contributed by atoms with Crippen LogP contribution in [-0.4, -0.2) is 31.0 Å². The van der Waals surface area contributed by atoms with Crippen LogP contribution < -0.4 is 4.74 Å². The van der Waals surface area contributed by atoms with Gasteiger partial charge >= 0.3 is 0 Å². The van der Waals surface area contributed by atoms with E-state index in [-0.39, 0.29) is 23.8 Å². The minimum Gasteiger partial charge on any atom is -0.491 e. The van der Waals surface area contributed by atoms with Gasteiger partial charge in [0, 0.05) is 13.1 Å². The van der Waals surface area contributed by atoms with E-state index in [2.05, 4.69) is 0 Å². The molecule has 15 heavy (non-hydrogen) atoms. The Labute approximate surface area is 85.3 Å². The van der Waals surface area contributed by atoms with Crippen LogP contribution in [0.1, 0.15) is 10.4 Å². The Morgan fingerprint density at radius 3 is 2.73 bits per heavy atom. The van der Waals surface area contributed by atoms with Crippen molar-refractivity contribution in [3.05, 3.63) is 29.3 Å². The van der Waals surface area contributed by atoms with Crippen LogP contribution in [0, 0.1) is 11.6 Å². The van der Waals surface area contributed by atoms with Crippen molar-refractivity contribution in [3.63, 3.8) is 0 Å². The van der Waals surface area contributed by atoms with Gasteiger partial charge in [0.2, 0.25) is 0 Å². The highest BCUT2D eigenvalue weighted by Gasteiger charge is 2.23. The van der Waals surface area contributed by atoms with Crippen LogP contribution in [0.25, 0.3) is 0 Å². The summed E-state index contributed by atoms with van der Waals surface area (Å²) in [4.78, 5) is 13.1. The molecule has 2 rings (SSSR count). The molecular formula is C10H9F2NO2. The molecular weight excluding hydrogens is 204 g/mol. The Morgan fingerprint density at radius 1 is 1.33 bits per heavy atom. The summed E-state index contributed by atoms with van der Waals surface area (Å²) >= 11 is 0. The fraction of sp³-hybridized carbons (Fsp3) is 0.300. The van der Waals surface area contributed by atoms with Gasteiger partial charge in [-0.15, -0.1) is 0 Å². The lowest BCUT2D eigenvalue weighted by Crippen LogP contribution is -2.27. The topological polar surface area (TPSA) is 29.5 Å². The number of likely N-dealkylation sites (N-methyl/N-ethyl adjacent to an activating group) is 1. The zero-order chi connectivity index (χ0) is 11.0. The molecule has 1 aliphatic heterocycles. The van der Waals surface area contributed by atoms with Gasteiger partial charge in [-0.3, -0.25) is 4.79 Å². The lowest BCUT2D eigenvalue weighted by molar-refractivity contribution is 0.0796. The SMILES string of the molecule is CN1CCOc2cc(F)c(F)cc2C1=O. The Bertz CT molecular complexity index is 420. The van der Waals surface area contributed by atoms with Crippen molar-refractivity contribution < 1.29 is 18.3 Å². The molecule has 0 aromatic heterocycles. The first-order chi connectivity index (χ1) is 7.09. The maximum atomic E-state index is 12.9. The first-order valence-corrected chi connectivity index (χ1v) is 4.47. The van der Waals surface area contributed by atoms with E-state index in [0.717, 1.165) is 12.1 Å². The zero-order valence-corrected chi connectivity index (χ0v) is 8.09. The van der Waals surface area contributed by atoms with Crippen molar-refractivity contribution in [2.24, 2.45) is 0 Å². The Morgan fingerprint density at radius 2 is 2.00 bits per heavy atom. The maximum absolute atomic E-state index is 12.9. The fourth-order valence-corrected chi connectivity index (χ4v) is 1.41. The van der Waals surface area contributed by atoms with Gasteiger partial charge < -0.3 is 9.64 Å². The van der Waals surface area contributed by atoms with Gasteiger partial charge in [0.15, 0.2) is 11.6 Å². The number of carbonyl (C=O) groups is 1. The minimum absolute atomic E-state index is 0.0638. The van der Waals surface area contributed by atoms with Gasteiger partial charge in [-0.2, -0.15) is 0 Å². The second kappa shape index (κ2) is 3.49. The molecule has 0 bridgehead atoms. The number of amides is 1. The number of hydrogen-bond donors (Lipinski definition) is 0. The summed E-state index contributed by atoms with van der Waals surface area (Å²) in [5.41, 5.74) is 0.0638. The lowest BCUT2D eigenvalue weighted by atomic mass is 10.1. The standard InChI is InChI=1S/C10H9F2NO2/c1-13-2-3-15-9-5-8(12)7(11)4-6(9)10(13)14/h4-5H,2-3H2,1H3. The van der Waals surface area contributed by atoms with Crippen molar-refractivity contribution in [1.82, 2.24) is 4.90 Å². The summed E-state index contributed by atoms with van der Waals surface area (Å²) in [6.45, 7) is 0.678. The second-order valence-electron chi connectivity index (χ2n) is 3.34. The van der Waals surface area contributed by atoms with Crippen LogP contribution in [0.15, 0.2) is 12.1 Å². The molecule has 0 saturated heterocycles. The average Bonchev–Trinajstić information content (AvgIpc) is 2.32. The summed E-state index contributed by atoms with van der Waals surface area (Å²) in [5, 5.41) is 0. The Hall–Kier alpha value is -1.65. The average molecular weight is 213 g/mol. The molecule has 1 aromatic rings. The van der Waals surface area contributed by atoms with Gasteiger partial charge in [-0.25, -0.2) is 8.78 Å². The largest absolute Gasteiger partial charge is 0.491 e. The maximum Gasteiger partial charge on any atom is 0.257 e. The molecule has 0 spiro atoms. The molecule has 80 valence electrons. The molecule has 0 N–H and O–H groups in total. The molecule has 1 amide bonds. The summed E-state index contributed by atoms with van der Waals surface area (Å²) in [6, 6.07) is 1.77. The van der Waals surface area contributed by atoms with Crippen LogP contribution in [0.5, 0.6) is 5.75 Å². The smallest absolute Gasteiger partial charge is 0.257 e. The van der Waals surface area contributed by atoms with Crippen molar-refractivity contribution in [2.75, 3.05) is 20.2 Å². The molecule has 0 atom stereocenters. The van der Waals surface area contributed by atoms with E-state index in [9.17, 15) is 13.6 Å². The predicted octanol–water partition coefficient (Wildman–Crippen LogP) is 1.43. The highest BCUT2D eigenvalue weighted by Crippen LogP contribution is 2.25. The number of halogens is 2. The predicted molar refractivity (Wildman–Crippen MR) is 48.8 cm³/mol. The van der Waals surface area contributed by atoms with Crippen molar-refractivity contribution >= 4 is 5.91 Å². The molecule has 1 aliphatic rings. The summed E-state index contributed by atoms with van der Waals surface area (Å²) < 4.78 is 31.0. The third-order valence-electron chi connectivity index (χ3n) is 2.28. The molecule has 5 heteroatoms. The molecule has 1 aromatic carbocycles. The van der Waals surface area contributed by atoms with Crippen LogP contribution in [0.4, 0.5) is 8.78 Å². The first-order valence-electron chi connectivity index (χ1n) is 4.47. The number of benzene rings is 1. The van der Waals surface area contributed by atoms with Gasteiger partial charge in [-0.05, 0) is 6.07 Å². The molecule has 0 aliphatic carbocycles. The van der Waals surface area contributed by atoms with Gasteiger partial charge in [0.1, 0.15) is 12.4 Å². The quantitative estimate of drug-likeness (QED) is 0.652. The third-order valence-corrected chi connectivity index (χ3v) is 2.28. The first kappa shape index (κ1) is 9.89. The zero-order valence-electron chi connectivity index (χ0n) is 8.09. The number of ether oxygens (including phenoxy) is 1. The van der Waals surface area contributed by atoms with Crippen LogP contribution in [-0.2, 0) is 0 Å². The van der Waals surface area contributed by atoms with E-state index in [1.807, 2.05) is 0 Å². The van der Waals surface area contributed by atoms with Gasteiger partial charge in [-0.1, -0.05) is 0 Å². The molecule has 0 fully saturated rings. The highest BCUT2D eigenvalue weighted by molar-refractivity contribution is 5.97. The van der Waals surface area contributed by atoms with Crippen LogP contribution >= 0.6 is 0 Å². The minimum atomic E-state index is -1.04. The fourth-order valence-electron chi connectivity index (χ4n) is 1.41. The van der Waals surface area contributed by atoms with E-state index in [4.69, 9.17) is 4.74 Å². The molecule has 0 unspecified atom stereocenters. The number of rotatable bonds is 0. The van der Waals surface area contributed by atoms with E-state index < -0.39 is 11.6 Å². The van der Waals surface area contributed by atoms with E-state index in [0.29, 0.717) is 6.54 Å². The number of nitrogens with zero attached hydrogens (tertiary/aromatic N) is 1. The Kier molecular flexibility index (Phi) is 2.30. The highest BCUT2D eigenvalue weighted by atomic mass is 19.2. The van der Waals surface area contributed by atoms with E-state index in [1.54, 1.807) is 7.05 Å². The Balaban J connectivity index is 2.54. The van der Waals surface area contributed by atoms with Crippen molar-refractivity contribution in [2.45, 2.75) is 0 Å². The summed E-state index contributed by atoms with van der Waals surface area (Å²) in [5.74, 6) is -2.31. The second-order valence-corrected chi connectivity index (χ2v) is 3.34. The molecule has 0 radical (unpaired) electrons. The summed E-state index contributed by atoms with van der Waals surface area (Å²) in [6.07, 6.45) is 0. The monoisotopic (exact) mass is 213 g/mol. The van der Waals surface area contributed by atoms with Gasteiger partial charge in [0.05, 0.1) is 12.1 Å². The van der Waals surface area contributed by atoms with Crippen LogP contribution in [0.2, 0.25) is 0 Å². The third kappa shape index (κ3) is 1.65. The molecule has 1 heterocycles. The number of hydrogen-bond acceptors (Lipinski definition) is 2. The molecule has 3 nitrogen and oxygen atoms in total. The van der Waals surface area contributed by atoms with Gasteiger partial charge in [0.25, 0.3) is 5.91 Å². The van der Waals surface area contributed by atoms with E-state index in [1.165, 1.54) is 4.90 Å². The molecule has 0 saturated carbocycles. The van der Waals surface area contributed by atoms with Crippen molar-refractivity contribution in [3.8, 4) is 5.75 Å².